The summed E-state index contributed by atoms with van der Waals surface area (Å²) in [7, 11) is -4.14. The lowest BCUT2D eigenvalue weighted by atomic mass is 10.0. The van der Waals surface area contributed by atoms with E-state index in [1.807, 2.05) is 0 Å². The van der Waals surface area contributed by atoms with Gasteiger partial charge in [-0.2, -0.15) is 12.8 Å². The number of benzene rings is 1. The molecule has 0 aliphatic heterocycles. The molecule has 4 nitrogen and oxygen atoms in total. The van der Waals surface area contributed by atoms with Crippen molar-refractivity contribution in [3.63, 3.8) is 0 Å². The van der Waals surface area contributed by atoms with Crippen molar-refractivity contribution in [2.24, 2.45) is 4.40 Å². The predicted octanol–water partition coefficient (Wildman–Crippen LogP) is 4.18. The van der Waals surface area contributed by atoms with E-state index in [-0.39, 0.29) is 10.6 Å². The van der Waals surface area contributed by atoms with Crippen LogP contribution in [-0.2, 0) is 14.8 Å². The molecule has 1 atom stereocenters. The van der Waals surface area contributed by atoms with E-state index in [0.717, 1.165) is 5.56 Å². The van der Waals surface area contributed by atoms with Crippen molar-refractivity contribution < 1.29 is 13.2 Å². The van der Waals surface area contributed by atoms with Crippen molar-refractivity contribution in [2.75, 3.05) is 0 Å². The molecule has 0 saturated heterocycles. The fourth-order valence-corrected chi connectivity index (χ4v) is 4.17. The van der Waals surface area contributed by atoms with E-state index in [0.29, 0.717) is 0 Å². The third-order valence-electron chi connectivity index (χ3n) is 3.02. The molecule has 0 fully saturated rings. The Morgan fingerprint density at radius 3 is 2.13 bits per heavy atom. The molecule has 0 saturated carbocycles. The Morgan fingerprint density at radius 2 is 1.61 bits per heavy atom. The first-order chi connectivity index (χ1) is 10.5. The maximum atomic E-state index is 12.4. The molecule has 0 spiro atoms. The molecule has 0 N–H and O–H groups in total. The smallest absolute Gasteiger partial charge is 0.282 e. The number of alkyl halides is 3. The van der Waals surface area contributed by atoms with Crippen LogP contribution < -0.4 is 0 Å². The number of Topliss-reactive ketones (excluding diaryl/α,β-unsaturated/α-hetero) is 1. The van der Waals surface area contributed by atoms with Crippen LogP contribution in [0.3, 0.4) is 0 Å². The molecule has 0 amide bonds. The molecule has 1 aliphatic carbocycles. The van der Waals surface area contributed by atoms with Gasteiger partial charge in [0.1, 0.15) is 10.4 Å². The Balaban J connectivity index is 2.61. The highest BCUT2D eigenvalue weighted by atomic mass is 35.5. The number of carbonyl (C=O) groups is 1. The van der Waals surface area contributed by atoms with Crippen LogP contribution in [0.25, 0.3) is 0 Å². The minimum Gasteiger partial charge on any atom is -0.290 e. The van der Waals surface area contributed by atoms with Crippen LogP contribution in [0.2, 0.25) is 0 Å². The molecule has 1 aromatic carbocycles. The minimum atomic E-state index is -4.14. The number of carbonyl (C=O) groups excluding carboxylic acids is 1. The Bertz CT molecular complexity index is 828. The van der Waals surface area contributed by atoms with Crippen molar-refractivity contribution in [1.29, 1.82) is 0 Å². The van der Waals surface area contributed by atoms with Gasteiger partial charge in [0.25, 0.3) is 10.0 Å². The second-order valence-electron chi connectivity index (χ2n) is 4.71. The van der Waals surface area contributed by atoms with Gasteiger partial charge in [-0.3, -0.25) is 4.79 Å². The third kappa shape index (κ3) is 3.55. The Hall–Kier alpha value is -0.300. The molecule has 0 aromatic heterocycles. The largest absolute Gasteiger partial charge is 0.290 e. The zero-order valence-corrected chi connectivity index (χ0v) is 16.0. The van der Waals surface area contributed by atoms with Crippen LogP contribution >= 0.6 is 58.0 Å². The maximum Gasteiger partial charge on any atom is 0.282 e. The van der Waals surface area contributed by atoms with E-state index in [9.17, 15) is 13.2 Å². The molecule has 0 radical (unpaired) electrons. The summed E-state index contributed by atoms with van der Waals surface area (Å²) in [6.45, 7) is 1.80. The maximum absolute atomic E-state index is 12.4. The summed E-state index contributed by atoms with van der Waals surface area (Å²) in [6, 6.07) is 5.96. The van der Waals surface area contributed by atoms with Crippen molar-refractivity contribution in [1.82, 2.24) is 0 Å². The molecule has 1 aliphatic rings. The van der Waals surface area contributed by atoms with Gasteiger partial charge in [-0.25, -0.2) is 0 Å². The average molecular weight is 436 g/mol. The van der Waals surface area contributed by atoms with Gasteiger partial charge in [0.15, 0.2) is 0 Å². The standard InChI is InChI=1S/C13H8Cl5NO3S/c1-6-2-4-7(5-3-6)23(21,22)19-10-8(14)9(15)12(20)13(17,18)11(10)16/h2-5,11H,1H3/t11-/m0/s1. The van der Waals surface area contributed by atoms with Gasteiger partial charge in [-0.05, 0) is 19.1 Å². The summed E-state index contributed by atoms with van der Waals surface area (Å²) in [4.78, 5) is 11.8. The predicted molar refractivity (Wildman–Crippen MR) is 93.6 cm³/mol. The van der Waals surface area contributed by atoms with Crippen LogP contribution in [0.15, 0.2) is 43.6 Å². The number of rotatable bonds is 2. The zero-order valence-electron chi connectivity index (χ0n) is 11.4. The van der Waals surface area contributed by atoms with E-state index in [1.54, 1.807) is 19.1 Å². The molecule has 23 heavy (non-hydrogen) atoms. The van der Waals surface area contributed by atoms with Crippen LogP contribution in [0.5, 0.6) is 0 Å². The summed E-state index contributed by atoms with van der Waals surface area (Å²) in [5.41, 5.74) is 0.486. The Kier molecular flexibility index (Phi) is 5.41. The Morgan fingerprint density at radius 1 is 1.09 bits per heavy atom. The fraction of sp³-hybridized carbons (Fsp3) is 0.231. The number of halogens is 5. The lowest BCUT2D eigenvalue weighted by Crippen LogP contribution is -2.45. The number of nitrogens with zero attached hydrogens (tertiary/aromatic N) is 1. The second-order valence-corrected chi connectivity index (χ2v) is 8.89. The summed E-state index contributed by atoms with van der Waals surface area (Å²) in [6.07, 6.45) is 0. The molecule has 2 rings (SSSR count). The lowest BCUT2D eigenvalue weighted by Gasteiger charge is -2.29. The minimum absolute atomic E-state index is 0.0771. The van der Waals surface area contributed by atoms with Crippen LogP contribution in [0.1, 0.15) is 5.56 Å². The number of sulfonamides is 1. The highest BCUT2D eigenvalue weighted by Gasteiger charge is 2.51. The highest BCUT2D eigenvalue weighted by Crippen LogP contribution is 2.42. The molecule has 0 bridgehead atoms. The number of aryl methyl sites for hydroxylation is 1. The van der Waals surface area contributed by atoms with Crippen molar-refractivity contribution >= 4 is 79.5 Å². The summed E-state index contributed by atoms with van der Waals surface area (Å²) in [5.74, 6) is -0.917. The number of ketones is 1. The lowest BCUT2D eigenvalue weighted by molar-refractivity contribution is -0.115. The van der Waals surface area contributed by atoms with Crippen molar-refractivity contribution in [2.45, 2.75) is 21.5 Å². The van der Waals surface area contributed by atoms with Crippen molar-refractivity contribution in [3.05, 3.63) is 39.9 Å². The van der Waals surface area contributed by atoms with Crippen LogP contribution in [0.4, 0.5) is 0 Å². The number of allylic oxidation sites excluding steroid dienone is 2. The number of hydrogen-bond donors (Lipinski definition) is 0. The first kappa shape index (κ1) is 19.0. The molecule has 0 unspecified atom stereocenters. The van der Waals surface area contributed by atoms with Gasteiger partial charge in [0, 0.05) is 0 Å². The summed E-state index contributed by atoms with van der Waals surface area (Å²) in [5, 5.41) is -2.40. The molecule has 10 heteroatoms. The summed E-state index contributed by atoms with van der Waals surface area (Å²) < 4.78 is 26.1. The van der Waals surface area contributed by atoms with Gasteiger partial charge >= 0.3 is 0 Å². The summed E-state index contributed by atoms with van der Waals surface area (Å²) >= 11 is 29.4. The average Bonchev–Trinajstić information content (AvgIpc) is 2.49. The molecule has 1 aromatic rings. The van der Waals surface area contributed by atoms with Gasteiger partial charge in [-0.15, -0.1) is 11.6 Å². The van der Waals surface area contributed by atoms with Gasteiger partial charge in [-0.1, -0.05) is 64.1 Å². The molecular weight excluding hydrogens is 427 g/mol. The molecular formula is C13H8Cl5NO3S. The van der Waals surface area contributed by atoms with Crippen LogP contribution in [0, 0.1) is 6.92 Å². The van der Waals surface area contributed by atoms with E-state index < -0.39 is 35.6 Å². The normalized spacial score (nSPS) is 23.5. The van der Waals surface area contributed by atoms with E-state index in [4.69, 9.17) is 58.0 Å². The van der Waals surface area contributed by atoms with Gasteiger partial charge < -0.3 is 0 Å². The first-order valence-corrected chi connectivity index (χ1v) is 9.41. The number of hydrogen-bond acceptors (Lipinski definition) is 3. The quantitative estimate of drug-likeness (QED) is 0.655. The topological polar surface area (TPSA) is 63.6 Å². The SMILES string of the molecule is Cc1ccc(S(=O)(=O)N=C2C(Cl)=C(Cl)C(=O)C(Cl)(Cl)[C@H]2Cl)cc1. The second kappa shape index (κ2) is 6.54. The fourth-order valence-electron chi connectivity index (χ4n) is 1.74. The Labute approximate surface area is 158 Å². The third-order valence-corrected chi connectivity index (χ3v) is 6.70. The highest BCUT2D eigenvalue weighted by molar-refractivity contribution is 7.90. The monoisotopic (exact) mass is 433 g/mol. The van der Waals surface area contributed by atoms with Crippen LogP contribution in [-0.4, -0.2) is 29.6 Å². The van der Waals surface area contributed by atoms with Gasteiger partial charge in [0.2, 0.25) is 10.1 Å². The molecule has 0 heterocycles. The van der Waals surface area contributed by atoms with Gasteiger partial charge in [0.05, 0.1) is 15.6 Å². The zero-order chi connectivity index (χ0) is 17.6. The first-order valence-electron chi connectivity index (χ1n) is 6.02. The van der Waals surface area contributed by atoms with E-state index in [2.05, 4.69) is 4.40 Å². The van der Waals surface area contributed by atoms with E-state index in [1.165, 1.54) is 12.1 Å². The van der Waals surface area contributed by atoms with Crippen molar-refractivity contribution in [3.8, 4) is 0 Å². The van der Waals surface area contributed by atoms with E-state index >= 15 is 0 Å². The molecule has 124 valence electrons.